The van der Waals surface area contributed by atoms with Crippen LogP contribution in [0.2, 0.25) is 0 Å². The second-order valence-electron chi connectivity index (χ2n) is 4.50. The fraction of sp³-hybridized carbons (Fsp3) is 0.308. The average molecular weight is 338 g/mol. The van der Waals surface area contributed by atoms with Gasteiger partial charge in [-0.2, -0.15) is 5.26 Å². The van der Waals surface area contributed by atoms with Crippen LogP contribution in [0.1, 0.15) is 12.0 Å². The third-order valence-corrected chi connectivity index (χ3v) is 3.66. The highest BCUT2D eigenvalue weighted by atomic mass is 79.9. The van der Waals surface area contributed by atoms with E-state index in [4.69, 9.17) is 10.4 Å². The molecule has 1 fully saturated rings. The van der Waals surface area contributed by atoms with E-state index in [0.29, 0.717) is 24.2 Å². The van der Waals surface area contributed by atoms with Gasteiger partial charge in [-0.25, -0.2) is 4.79 Å². The fourth-order valence-corrected chi connectivity index (χ4v) is 2.42. The number of anilines is 1. The van der Waals surface area contributed by atoms with Crippen LogP contribution in [-0.2, 0) is 4.79 Å². The molecule has 1 aromatic carbocycles. The maximum absolute atomic E-state index is 12.0. The molecular formula is C13H12BrN3O3. The Balaban J connectivity index is 2.06. The Morgan fingerprint density at radius 3 is 2.85 bits per heavy atom. The molecule has 0 radical (unpaired) electrons. The van der Waals surface area contributed by atoms with Crippen molar-refractivity contribution in [2.75, 3.05) is 18.4 Å². The van der Waals surface area contributed by atoms with E-state index in [1.54, 1.807) is 18.2 Å². The van der Waals surface area contributed by atoms with Crippen molar-refractivity contribution >= 4 is 33.6 Å². The lowest BCUT2D eigenvalue weighted by Gasteiger charge is -2.17. The number of nitrogens with zero attached hydrogens (tertiary/aromatic N) is 2. The van der Waals surface area contributed by atoms with Gasteiger partial charge in [0, 0.05) is 17.6 Å². The second kappa shape index (κ2) is 5.92. The zero-order chi connectivity index (χ0) is 14.7. The molecule has 1 heterocycles. The number of likely N-dealkylation sites (tertiary alicyclic amines) is 1. The Kier molecular flexibility index (Phi) is 4.25. The topological polar surface area (TPSA) is 93.4 Å². The number of amides is 2. The first-order valence-corrected chi connectivity index (χ1v) is 6.79. The lowest BCUT2D eigenvalue weighted by Crippen LogP contribution is -2.34. The summed E-state index contributed by atoms with van der Waals surface area (Å²) in [7, 11) is 0. The quantitative estimate of drug-likeness (QED) is 0.865. The summed E-state index contributed by atoms with van der Waals surface area (Å²) in [6, 6.07) is 6.58. The lowest BCUT2D eigenvalue weighted by atomic mass is 10.1. The molecule has 0 bridgehead atoms. The van der Waals surface area contributed by atoms with Gasteiger partial charge in [0.1, 0.15) is 6.07 Å². The van der Waals surface area contributed by atoms with E-state index in [1.807, 2.05) is 6.07 Å². The molecule has 0 saturated carbocycles. The number of rotatable bonds is 2. The molecule has 20 heavy (non-hydrogen) atoms. The first-order valence-electron chi connectivity index (χ1n) is 5.99. The van der Waals surface area contributed by atoms with Gasteiger partial charge in [0.05, 0.1) is 17.2 Å². The van der Waals surface area contributed by atoms with Crippen LogP contribution in [0, 0.1) is 17.2 Å². The molecule has 0 aliphatic carbocycles. The van der Waals surface area contributed by atoms with Crippen LogP contribution in [0.15, 0.2) is 22.7 Å². The number of nitriles is 1. The van der Waals surface area contributed by atoms with Crippen molar-refractivity contribution in [2.24, 2.45) is 5.92 Å². The summed E-state index contributed by atoms with van der Waals surface area (Å²) in [6.07, 6.45) is 0.453. The molecule has 1 aliphatic rings. The zero-order valence-electron chi connectivity index (χ0n) is 10.5. The fourth-order valence-electron chi connectivity index (χ4n) is 2.06. The van der Waals surface area contributed by atoms with Crippen molar-refractivity contribution in [3.63, 3.8) is 0 Å². The Morgan fingerprint density at radius 1 is 1.50 bits per heavy atom. The second-order valence-corrected chi connectivity index (χ2v) is 5.42. The van der Waals surface area contributed by atoms with Gasteiger partial charge in [-0.05, 0) is 24.6 Å². The predicted octanol–water partition coefficient (Wildman–Crippen LogP) is 2.26. The molecule has 7 heteroatoms. The highest BCUT2D eigenvalue weighted by molar-refractivity contribution is 9.10. The van der Waals surface area contributed by atoms with E-state index in [0.717, 1.165) is 4.47 Å². The number of nitrogens with one attached hydrogen (secondary N) is 1. The van der Waals surface area contributed by atoms with Crippen LogP contribution in [0.25, 0.3) is 0 Å². The summed E-state index contributed by atoms with van der Waals surface area (Å²) in [5, 5.41) is 20.6. The molecule has 2 rings (SSSR count). The van der Waals surface area contributed by atoms with E-state index in [1.165, 1.54) is 4.90 Å². The number of halogens is 1. The number of carbonyl (C=O) groups is 2. The summed E-state index contributed by atoms with van der Waals surface area (Å²) >= 11 is 3.25. The van der Waals surface area contributed by atoms with Crippen LogP contribution >= 0.6 is 15.9 Å². The van der Waals surface area contributed by atoms with Crippen LogP contribution in [0.4, 0.5) is 10.5 Å². The average Bonchev–Trinajstić information content (AvgIpc) is 2.90. The molecule has 1 aliphatic heterocycles. The molecule has 2 N–H and O–H groups in total. The van der Waals surface area contributed by atoms with E-state index >= 15 is 0 Å². The van der Waals surface area contributed by atoms with E-state index < -0.39 is 11.9 Å². The molecule has 1 aromatic rings. The van der Waals surface area contributed by atoms with Crippen molar-refractivity contribution < 1.29 is 14.7 Å². The molecule has 1 unspecified atom stereocenters. The minimum Gasteiger partial charge on any atom is -0.481 e. The number of carboxylic acid groups (broad SMARTS) is 1. The van der Waals surface area contributed by atoms with Crippen molar-refractivity contribution in [1.29, 1.82) is 5.26 Å². The summed E-state index contributed by atoms with van der Waals surface area (Å²) in [5.41, 5.74) is 0.765. The van der Waals surface area contributed by atoms with Crippen LogP contribution < -0.4 is 5.32 Å². The molecule has 0 aromatic heterocycles. The summed E-state index contributed by atoms with van der Waals surface area (Å²) in [5.74, 6) is -1.40. The number of aliphatic carboxylic acids is 1. The van der Waals surface area contributed by atoms with Gasteiger partial charge in [0.15, 0.2) is 0 Å². The predicted molar refractivity (Wildman–Crippen MR) is 75.2 cm³/mol. The van der Waals surface area contributed by atoms with Crippen LogP contribution in [-0.4, -0.2) is 35.1 Å². The molecule has 1 saturated heterocycles. The van der Waals surface area contributed by atoms with Gasteiger partial charge in [-0.1, -0.05) is 15.9 Å². The molecule has 0 spiro atoms. The number of carbonyl (C=O) groups excluding carboxylic acids is 1. The van der Waals surface area contributed by atoms with Crippen molar-refractivity contribution in [3.05, 3.63) is 28.2 Å². The number of benzene rings is 1. The molecular weight excluding hydrogens is 326 g/mol. The largest absolute Gasteiger partial charge is 0.481 e. The van der Waals surface area contributed by atoms with Gasteiger partial charge in [-0.15, -0.1) is 0 Å². The number of hydrogen-bond acceptors (Lipinski definition) is 3. The molecule has 1 atom stereocenters. The SMILES string of the molecule is N#Cc1cc(Br)ccc1NC(=O)N1CCC(C(=O)O)C1. The summed E-state index contributed by atoms with van der Waals surface area (Å²) < 4.78 is 0.749. The van der Waals surface area contributed by atoms with Gasteiger partial charge in [-0.3, -0.25) is 4.79 Å². The third kappa shape index (κ3) is 3.08. The smallest absolute Gasteiger partial charge is 0.321 e. The first kappa shape index (κ1) is 14.3. The number of hydrogen-bond donors (Lipinski definition) is 2. The summed E-state index contributed by atoms with van der Waals surface area (Å²) in [6.45, 7) is 0.598. The maximum Gasteiger partial charge on any atom is 0.321 e. The van der Waals surface area contributed by atoms with Crippen molar-refractivity contribution in [3.8, 4) is 6.07 Å². The standard InChI is InChI=1S/C13H12BrN3O3/c14-10-1-2-11(9(5-10)6-15)16-13(20)17-4-3-8(7-17)12(18)19/h1-2,5,8H,3-4,7H2,(H,16,20)(H,18,19). The summed E-state index contributed by atoms with van der Waals surface area (Å²) in [4.78, 5) is 24.3. The first-order chi connectivity index (χ1) is 9.51. The minimum absolute atomic E-state index is 0.194. The number of carboxylic acids is 1. The van der Waals surface area contributed by atoms with E-state index in [2.05, 4.69) is 21.2 Å². The van der Waals surface area contributed by atoms with E-state index in [9.17, 15) is 9.59 Å². The lowest BCUT2D eigenvalue weighted by molar-refractivity contribution is -0.141. The van der Waals surface area contributed by atoms with E-state index in [-0.39, 0.29) is 12.6 Å². The third-order valence-electron chi connectivity index (χ3n) is 3.17. The van der Waals surface area contributed by atoms with Crippen molar-refractivity contribution in [2.45, 2.75) is 6.42 Å². The van der Waals surface area contributed by atoms with Gasteiger partial charge in [0.2, 0.25) is 0 Å². The normalized spacial score (nSPS) is 17.6. The minimum atomic E-state index is -0.887. The van der Waals surface area contributed by atoms with Gasteiger partial charge in [0.25, 0.3) is 0 Å². The van der Waals surface area contributed by atoms with Crippen molar-refractivity contribution in [1.82, 2.24) is 4.90 Å². The Morgan fingerprint density at radius 2 is 2.25 bits per heavy atom. The molecule has 6 nitrogen and oxygen atoms in total. The van der Waals surface area contributed by atoms with Crippen LogP contribution in [0.3, 0.4) is 0 Å². The monoisotopic (exact) mass is 337 g/mol. The Bertz CT molecular complexity index is 597. The molecule has 104 valence electrons. The van der Waals surface area contributed by atoms with Crippen LogP contribution in [0.5, 0.6) is 0 Å². The van der Waals surface area contributed by atoms with Gasteiger partial charge < -0.3 is 15.3 Å². The maximum atomic E-state index is 12.0. The zero-order valence-corrected chi connectivity index (χ0v) is 12.1. The highest BCUT2D eigenvalue weighted by Gasteiger charge is 2.31. The Hall–Kier alpha value is -2.07. The highest BCUT2D eigenvalue weighted by Crippen LogP contribution is 2.22. The molecule has 2 amide bonds. The number of urea groups is 1. The van der Waals surface area contributed by atoms with Gasteiger partial charge >= 0.3 is 12.0 Å². The Labute approximate surface area is 124 Å².